The Morgan fingerprint density at radius 2 is 1.79 bits per heavy atom. The number of ether oxygens (including phenoxy) is 1. The van der Waals surface area contributed by atoms with Crippen LogP contribution in [0, 0.1) is 5.82 Å². The highest BCUT2D eigenvalue weighted by Crippen LogP contribution is 2.27. The SMILES string of the molecule is O=C(NO)[C@@H]1CCC(O)CN1S(=O)(=O)c1ccc(OCc2ccc(F)cc2)cc1. The number of amides is 1. The summed E-state index contributed by atoms with van der Waals surface area (Å²) in [6, 6.07) is 10.3. The summed E-state index contributed by atoms with van der Waals surface area (Å²) in [5.41, 5.74) is 2.23. The first-order valence-corrected chi connectivity index (χ1v) is 10.4. The Hall–Kier alpha value is -2.53. The molecular weight excluding hydrogens is 403 g/mol. The van der Waals surface area contributed by atoms with Crippen molar-refractivity contribution < 1.29 is 32.7 Å². The molecule has 1 unspecified atom stereocenters. The van der Waals surface area contributed by atoms with Gasteiger partial charge in [-0.2, -0.15) is 4.31 Å². The van der Waals surface area contributed by atoms with E-state index in [0.717, 1.165) is 9.87 Å². The second kappa shape index (κ2) is 8.87. The van der Waals surface area contributed by atoms with Crippen molar-refractivity contribution in [3.63, 3.8) is 0 Å². The first-order chi connectivity index (χ1) is 13.8. The number of hydroxylamine groups is 1. The van der Waals surface area contributed by atoms with Crippen LogP contribution in [-0.4, -0.2) is 47.6 Å². The van der Waals surface area contributed by atoms with Gasteiger partial charge in [-0.3, -0.25) is 10.0 Å². The largest absolute Gasteiger partial charge is 0.489 e. The molecule has 1 heterocycles. The molecule has 8 nitrogen and oxygen atoms in total. The van der Waals surface area contributed by atoms with Gasteiger partial charge in [-0.05, 0) is 54.8 Å². The number of halogens is 1. The number of hydrogen-bond acceptors (Lipinski definition) is 6. The Morgan fingerprint density at radius 1 is 1.14 bits per heavy atom. The lowest BCUT2D eigenvalue weighted by Gasteiger charge is -2.35. The molecule has 0 spiro atoms. The number of β-amino-alcohol motifs (C(OH)–C–C–N with tert-alkyl or cyclic N) is 1. The zero-order chi connectivity index (χ0) is 21.0. The Bertz CT molecular complexity index is 950. The Morgan fingerprint density at radius 3 is 2.41 bits per heavy atom. The number of carbonyl (C=O) groups is 1. The molecule has 2 aromatic rings. The molecule has 1 aliphatic heterocycles. The van der Waals surface area contributed by atoms with Crippen LogP contribution >= 0.6 is 0 Å². The van der Waals surface area contributed by atoms with Gasteiger partial charge < -0.3 is 9.84 Å². The molecule has 2 aromatic carbocycles. The van der Waals surface area contributed by atoms with Crippen LogP contribution in [-0.2, 0) is 21.4 Å². The van der Waals surface area contributed by atoms with Gasteiger partial charge in [-0.25, -0.2) is 18.3 Å². The third-order valence-electron chi connectivity index (χ3n) is 4.67. The summed E-state index contributed by atoms with van der Waals surface area (Å²) < 4.78 is 45.3. The van der Waals surface area contributed by atoms with Gasteiger partial charge in [0.15, 0.2) is 0 Å². The topological polar surface area (TPSA) is 116 Å². The maximum Gasteiger partial charge on any atom is 0.261 e. The van der Waals surface area contributed by atoms with Gasteiger partial charge in [0.2, 0.25) is 10.0 Å². The van der Waals surface area contributed by atoms with Crippen molar-refractivity contribution >= 4 is 15.9 Å². The van der Waals surface area contributed by atoms with Gasteiger partial charge in [-0.1, -0.05) is 12.1 Å². The van der Waals surface area contributed by atoms with Crippen molar-refractivity contribution in [1.29, 1.82) is 0 Å². The van der Waals surface area contributed by atoms with E-state index in [4.69, 9.17) is 9.94 Å². The number of aliphatic hydroxyl groups excluding tert-OH is 1. The van der Waals surface area contributed by atoms with E-state index in [1.165, 1.54) is 41.9 Å². The molecule has 29 heavy (non-hydrogen) atoms. The highest BCUT2D eigenvalue weighted by atomic mass is 32.2. The number of hydrogen-bond donors (Lipinski definition) is 3. The van der Waals surface area contributed by atoms with Crippen molar-refractivity contribution in [3.8, 4) is 5.75 Å². The molecule has 1 fully saturated rings. The number of rotatable bonds is 6. The first kappa shape index (κ1) is 21.2. The molecule has 3 N–H and O–H groups in total. The van der Waals surface area contributed by atoms with E-state index in [9.17, 15) is 22.7 Å². The molecule has 1 amide bonds. The summed E-state index contributed by atoms with van der Waals surface area (Å²) in [6.07, 6.45) is -0.558. The van der Waals surface area contributed by atoms with Gasteiger partial charge >= 0.3 is 0 Å². The lowest BCUT2D eigenvalue weighted by Crippen LogP contribution is -2.54. The van der Waals surface area contributed by atoms with E-state index in [2.05, 4.69) is 0 Å². The molecule has 0 radical (unpaired) electrons. The fourth-order valence-corrected chi connectivity index (χ4v) is 4.77. The quantitative estimate of drug-likeness (QED) is 0.477. The van der Waals surface area contributed by atoms with Crippen molar-refractivity contribution in [1.82, 2.24) is 9.79 Å². The summed E-state index contributed by atoms with van der Waals surface area (Å²) in [5, 5.41) is 18.7. The van der Waals surface area contributed by atoms with Crippen molar-refractivity contribution in [3.05, 3.63) is 59.9 Å². The Balaban J connectivity index is 1.74. The molecule has 0 aromatic heterocycles. The number of benzene rings is 2. The molecular formula is C19H21FN2O6S. The van der Waals surface area contributed by atoms with Crippen LogP contribution < -0.4 is 10.2 Å². The molecule has 3 rings (SSSR count). The molecule has 0 bridgehead atoms. The Kier molecular flexibility index (Phi) is 6.48. The van der Waals surface area contributed by atoms with Crippen LogP contribution in [0.4, 0.5) is 4.39 Å². The molecule has 10 heteroatoms. The number of nitrogens with one attached hydrogen (secondary N) is 1. The lowest BCUT2D eigenvalue weighted by molar-refractivity contribution is -0.135. The minimum absolute atomic E-state index is 0.0727. The minimum atomic E-state index is -4.08. The van der Waals surface area contributed by atoms with E-state index in [1.54, 1.807) is 12.1 Å². The molecule has 2 atom stereocenters. The average Bonchev–Trinajstić information content (AvgIpc) is 2.73. The summed E-state index contributed by atoms with van der Waals surface area (Å²) in [6.45, 7) is -0.0628. The monoisotopic (exact) mass is 424 g/mol. The number of aliphatic hydroxyl groups is 1. The fourth-order valence-electron chi connectivity index (χ4n) is 3.11. The number of carbonyl (C=O) groups excluding carboxylic acids is 1. The number of sulfonamides is 1. The van der Waals surface area contributed by atoms with E-state index in [1.807, 2.05) is 0 Å². The predicted molar refractivity (Wildman–Crippen MR) is 100 cm³/mol. The van der Waals surface area contributed by atoms with Crippen LogP contribution in [0.5, 0.6) is 5.75 Å². The number of nitrogens with zero attached hydrogens (tertiary/aromatic N) is 1. The van der Waals surface area contributed by atoms with Gasteiger partial charge in [-0.15, -0.1) is 0 Å². The minimum Gasteiger partial charge on any atom is -0.489 e. The highest BCUT2D eigenvalue weighted by Gasteiger charge is 2.40. The third-order valence-corrected chi connectivity index (χ3v) is 6.56. The second-order valence-corrected chi connectivity index (χ2v) is 8.57. The van der Waals surface area contributed by atoms with Gasteiger partial charge in [0.05, 0.1) is 11.0 Å². The molecule has 1 aliphatic rings. The fraction of sp³-hybridized carbons (Fsp3) is 0.316. The molecule has 156 valence electrons. The molecule has 0 saturated carbocycles. The standard InChI is InChI=1S/C19H21FN2O6S/c20-14-3-1-13(2-4-14)12-28-16-6-8-17(9-7-16)29(26,27)22-11-15(23)5-10-18(22)19(24)21-25/h1-4,6-9,15,18,23,25H,5,10-12H2,(H,21,24)/t15?,18-/m0/s1. The summed E-state index contributed by atoms with van der Waals surface area (Å²) in [7, 11) is -4.08. The van der Waals surface area contributed by atoms with Gasteiger partial charge in [0.1, 0.15) is 24.2 Å². The van der Waals surface area contributed by atoms with E-state index < -0.39 is 28.1 Å². The predicted octanol–water partition coefficient (Wildman–Crippen LogP) is 1.42. The zero-order valence-electron chi connectivity index (χ0n) is 15.4. The highest BCUT2D eigenvalue weighted by molar-refractivity contribution is 7.89. The van der Waals surface area contributed by atoms with Gasteiger partial charge in [0, 0.05) is 6.54 Å². The van der Waals surface area contributed by atoms with E-state index in [0.29, 0.717) is 5.75 Å². The van der Waals surface area contributed by atoms with Gasteiger partial charge in [0.25, 0.3) is 5.91 Å². The summed E-state index contributed by atoms with van der Waals surface area (Å²) in [4.78, 5) is 11.8. The zero-order valence-corrected chi connectivity index (χ0v) is 16.2. The average molecular weight is 424 g/mol. The summed E-state index contributed by atoms with van der Waals surface area (Å²) in [5.74, 6) is -0.782. The summed E-state index contributed by atoms with van der Waals surface area (Å²) >= 11 is 0. The normalized spacial score (nSPS) is 20.2. The third kappa shape index (κ3) is 4.91. The Labute approximate surface area is 167 Å². The molecule has 1 saturated heterocycles. The van der Waals surface area contributed by atoms with Crippen molar-refractivity contribution in [2.75, 3.05) is 6.54 Å². The molecule has 0 aliphatic carbocycles. The van der Waals surface area contributed by atoms with Crippen LogP contribution in [0.3, 0.4) is 0 Å². The van der Waals surface area contributed by atoms with E-state index >= 15 is 0 Å². The van der Waals surface area contributed by atoms with E-state index in [-0.39, 0.29) is 36.7 Å². The van der Waals surface area contributed by atoms with Crippen molar-refractivity contribution in [2.45, 2.75) is 36.5 Å². The van der Waals surface area contributed by atoms with Crippen LogP contribution in [0.25, 0.3) is 0 Å². The first-order valence-electron chi connectivity index (χ1n) is 8.92. The van der Waals surface area contributed by atoms with Crippen LogP contribution in [0.1, 0.15) is 18.4 Å². The maximum atomic E-state index is 13.0. The van der Waals surface area contributed by atoms with Crippen LogP contribution in [0.2, 0.25) is 0 Å². The van der Waals surface area contributed by atoms with Crippen LogP contribution in [0.15, 0.2) is 53.4 Å². The lowest BCUT2D eigenvalue weighted by atomic mass is 10.0. The van der Waals surface area contributed by atoms with Crippen molar-refractivity contribution in [2.24, 2.45) is 0 Å². The maximum absolute atomic E-state index is 13.0. The number of piperidine rings is 1. The second-order valence-electron chi connectivity index (χ2n) is 6.68. The smallest absolute Gasteiger partial charge is 0.261 e.